The van der Waals surface area contributed by atoms with Crippen molar-refractivity contribution in [2.75, 3.05) is 19.3 Å². The van der Waals surface area contributed by atoms with Crippen LogP contribution in [0.5, 0.6) is 0 Å². The van der Waals surface area contributed by atoms with Gasteiger partial charge in [-0.25, -0.2) is 16.8 Å². The molecule has 1 fully saturated rings. The second-order valence-corrected chi connectivity index (χ2v) is 10.7. The van der Waals surface area contributed by atoms with E-state index in [0.29, 0.717) is 30.1 Å². The highest BCUT2D eigenvalue weighted by Gasteiger charge is 2.33. The number of nitrogens with zero attached hydrogens (tertiary/aromatic N) is 2. The third kappa shape index (κ3) is 3.93. The van der Waals surface area contributed by atoms with Crippen molar-refractivity contribution in [3.63, 3.8) is 0 Å². The molecule has 3 rings (SSSR count). The van der Waals surface area contributed by atoms with Crippen LogP contribution in [-0.2, 0) is 19.9 Å². The monoisotopic (exact) mass is 414 g/mol. The molecule has 2 heterocycles. The van der Waals surface area contributed by atoms with Gasteiger partial charge in [-0.05, 0) is 49.2 Å². The molecule has 140 valence electrons. The first-order chi connectivity index (χ1) is 12.2. The van der Waals surface area contributed by atoms with Crippen LogP contribution in [0.3, 0.4) is 0 Å². The SMILES string of the molecule is CS(=O)(=O)c1cccnc1C1CCCN(S(=O)(=O)c2ccc(Cl)cc2)C1. The molecule has 1 atom stereocenters. The van der Waals surface area contributed by atoms with Crippen molar-refractivity contribution >= 4 is 31.5 Å². The van der Waals surface area contributed by atoms with Crippen LogP contribution in [-0.4, -0.2) is 45.5 Å². The Morgan fingerprint density at radius 1 is 1.12 bits per heavy atom. The molecule has 6 nitrogen and oxygen atoms in total. The normalized spacial score (nSPS) is 19.4. The molecule has 0 radical (unpaired) electrons. The van der Waals surface area contributed by atoms with Crippen LogP contribution in [0.15, 0.2) is 52.4 Å². The summed E-state index contributed by atoms with van der Waals surface area (Å²) in [6.07, 6.45) is 4.00. The lowest BCUT2D eigenvalue weighted by Gasteiger charge is -2.32. The Hall–Kier alpha value is -1.48. The first-order valence-corrected chi connectivity index (χ1v) is 11.8. The lowest BCUT2D eigenvalue weighted by Crippen LogP contribution is -2.39. The van der Waals surface area contributed by atoms with Crippen LogP contribution in [0, 0.1) is 0 Å². The van der Waals surface area contributed by atoms with E-state index in [-0.39, 0.29) is 22.3 Å². The van der Waals surface area contributed by atoms with Gasteiger partial charge in [0, 0.05) is 36.5 Å². The number of aromatic nitrogens is 1. The van der Waals surface area contributed by atoms with Gasteiger partial charge in [0.05, 0.1) is 15.5 Å². The number of benzene rings is 1. The molecular formula is C17H19ClN2O4S2. The highest BCUT2D eigenvalue weighted by atomic mass is 35.5. The third-order valence-corrected chi connectivity index (χ3v) is 7.70. The average Bonchev–Trinajstić information content (AvgIpc) is 2.61. The Kier molecular flexibility index (Phi) is 5.39. The van der Waals surface area contributed by atoms with E-state index in [9.17, 15) is 16.8 Å². The molecule has 1 aliphatic heterocycles. The summed E-state index contributed by atoms with van der Waals surface area (Å²) in [4.78, 5) is 4.59. The van der Waals surface area contributed by atoms with Crippen molar-refractivity contribution in [2.45, 2.75) is 28.6 Å². The van der Waals surface area contributed by atoms with Gasteiger partial charge in [-0.2, -0.15) is 4.31 Å². The van der Waals surface area contributed by atoms with Gasteiger partial charge >= 0.3 is 0 Å². The van der Waals surface area contributed by atoms with E-state index >= 15 is 0 Å². The fourth-order valence-electron chi connectivity index (χ4n) is 3.16. The van der Waals surface area contributed by atoms with Crippen molar-refractivity contribution in [3.8, 4) is 0 Å². The zero-order chi connectivity index (χ0) is 18.9. The number of sulfone groups is 1. The molecule has 0 saturated carbocycles. The third-order valence-electron chi connectivity index (χ3n) is 4.42. The second kappa shape index (κ2) is 7.26. The summed E-state index contributed by atoms with van der Waals surface area (Å²) in [5.74, 6) is -0.267. The Balaban J connectivity index is 1.92. The molecule has 9 heteroatoms. The van der Waals surface area contributed by atoms with Gasteiger partial charge in [0.1, 0.15) is 0 Å². The van der Waals surface area contributed by atoms with Crippen molar-refractivity contribution in [1.29, 1.82) is 0 Å². The van der Waals surface area contributed by atoms with E-state index in [0.717, 1.165) is 6.26 Å². The van der Waals surface area contributed by atoms with Crippen molar-refractivity contribution in [3.05, 3.63) is 53.3 Å². The number of sulfonamides is 1. The fourth-order valence-corrected chi connectivity index (χ4v) is 5.74. The number of rotatable bonds is 4. The van der Waals surface area contributed by atoms with Gasteiger partial charge in [-0.3, -0.25) is 4.98 Å². The molecule has 1 unspecified atom stereocenters. The lowest BCUT2D eigenvalue weighted by atomic mass is 9.95. The maximum absolute atomic E-state index is 12.9. The quantitative estimate of drug-likeness (QED) is 0.767. The van der Waals surface area contributed by atoms with E-state index < -0.39 is 19.9 Å². The van der Waals surface area contributed by atoms with Gasteiger partial charge in [-0.1, -0.05) is 11.6 Å². The van der Waals surface area contributed by atoms with E-state index in [1.54, 1.807) is 6.07 Å². The maximum atomic E-state index is 12.9. The highest BCUT2D eigenvalue weighted by molar-refractivity contribution is 7.90. The van der Waals surface area contributed by atoms with Crippen LogP contribution < -0.4 is 0 Å². The van der Waals surface area contributed by atoms with E-state index in [1.165, 1.54) is 40.8 Å². The molecule has 1 aromatic carbocycles. The van der Waals surface area contributed by atoms with Crippen LogP contribution in [0.2, 0.25) is 5.02 Å². The first kappa shape index (κ1) is 19.3. The smallest absolute Gasteiger partial charge is 0.243 e. The van der Waals surface area contributed by atoms with Crippen molar-refractivity contribution in [2.24, 2.45) is 0 Å². The van der Waals surface area contributed by atoms with E-state index in [4.69, 9.17) is 11.6 Å². The standard InChI is InChI=1S/C17H19ClN2O4S2/c1-25(21,22)16-5-2-10-19-17(16)13-4-3-11-20(12-13)26(23,24)15-8-6-14(18)7-9-15/h2,5-10,13H,3-4,11-12H2,1H3. The summed E-state index contributed by atoms with van der Waals surface area (Å²) in [6.45, 7) is 0.590. The second-order valence-electron chi connectivity index (χ2n) is 6.32. The van der Waals surface area contributed by atoms with E-state index in [1.807, 2.05) is 0 Å². The zero-order valence-corrected chi connectivity index (χ0v) is 16.6. The van der Waals surface area contributed by atoms with Gasteiger partial charge in [0.25, 0.3) is 0 Å². The van der Waals surface area contributed by atoms with Crippen molar-refractivity contribution < 1.29 is 16.8 Å². The summed E-state index contributed by atoms with van der Waals surface area (Å²) in [5, 5.41) is 0.465. The Morgan fingerprint density at radius 2 is 1.81 bits per heavy atom. The predicted octanol–water partition coefficient (Wildman–Crippen LogP) is 2.71. The Bertz CT molecular complexity index is 1010. The predicted molar refractivity (Wildman–Crippen MR) is 99.5 cm³/mol. The number of halogens is 1. The van der Waals surface area contributed by atoms with Gasteiger partial charge in [-0.15, -0.1) is 0 Å². The van der Waals surface area contributed by atoms with Gasteiger partial charge in [0.2, 0.25) is 10.0 Å². The lowest BCUT2D eigenvalue weighted by molar-refractivity contribution is 0.310. The average molecular weight is 415 g/mol. The van der Waals surface area contributed by atoms with Crippen LogP contribution in [0.1, 0.15) is 24.5 Å². The number of hydrogen-bond donors (Lipinski definition) is 0. The molecule has 0 N–H and O–H groups in total. The Morgan fingerprint density at radius 3 is 2.46 bits per heavy atom. The number of piperidine rings is 1. The molecule has 1 aliphatic rings. The van der Waals surface area contributed by atoms with Gasteiger partial charge in [0.15, 0.2) is 9.84 Å². The topological polar surface area (TPSA) is 84.4 Å². The maximum Gasteiger partial charge on any atom is 0.243 e. The minimum absolute atomic E-state index is 0.163. The van der Waals surface area contributed by atoms with E-state index in [2.05, 4.69) is 4.98 Å². The van der Waals surface area contributed by atoms with Crippen LogP contribution >= 0.6 is 11.6 Å². The van der Waals surface area contributed by atoms with Crippen LogP contribution in [0.4, 0.5) is 0 Å². The molecule has 26 heavy (non-hydrogen) atoms. The summed E-state index contributed by atoms with van der Waals surface area (Å²) in [6, 6.07) is 9.12. The first-order valence-electron chi connectivity index (χ1n) is 8.10. The molecule has 0 spiro atoms. The largest absolute Gasteiger partial charge is 0.260 e. The Labute approximate surface area is 158 Å². The fraction of sp³-hybridized carbons (Fsp3) is 0.353. The summed E-state index contributed by atoms with van der Waals surface area (Å²) in [7, 11) is -7.11. The van der Waals surface area contributed by atoms with Crippen LogP contribution in [0.25, 0.3) is 0 Å². The number of hydrogen-bond acceptors (Lipinski definition) is 5. The molecular weight excluding hydrogens is 396 g/mol. The summed E-state index contributed by atoms with van der Waals surface area (Å²) in [5.41, 5.74) is 0.436. The summed E-state index contributed by atoms with van der Waals surface area (Å²) < 4.78 is 51.3. The molecule has 0 amide bonds. The molecule has 2 aromatic rings. The summed E-state index contributed by atoms with van der Waals surface area (Å²) >= 11 is 5.84. The number of pyridine rings is 1. The minimum Gasteiger partial charge on any atom is -0.260 e. The zero-order valence-electron chi connectivity index (χ0n) is 14.2. The van der Waals surface area contributed by atoms with Gasteiger partial charge < -0.3 is 0 Å². The molecule has 1 saturated heterocycles. The molecule has 0 aliphatic carbocycles. The minimum atomic E-state index is -3.67. The molecule has 0 bridgehead atoms. The van der Waals surface area contributed by atoms with Crippen molar-refractivity contribution in [1.82, 2.24) is 9.29 Å². The highest BCUT2D eigenvalue weighted by Crippen LogP contribution is 2.32. The molecule has 1 aromatic heterocycles.